The van der Waals surface area contributed by atoms with Gasteiger partial charge in [0.1, 0.15) is 5.75 Å². The minimum Gasteiger partial charge on any atom is -0.496 e. The molecule has 0 aliphatic rings. The molecule has 0 aliphatic heterocycles. The topological polar surface area (TPSA) is 67.4 Å². The Morgan fingerprint density at radius 1 is 1.14 bits per heavy atom. The second-order valence-electron chi connectivity index (χ2n) is 6.36. The highest BCUT2D eigenvalue weighted by atomic mass is 16.5. The fraction of sp³-hybridized carbons (Fsp3) is 0.529. The Balaban J connectivity index is 2.94. The monoisotopic (exact) mass is 306 g/mol. The first kappa shape index (κ1) is 18.0. The molecule has 0 bridgehead atoms. The van der Waals surface area contributed by atoms with Crippen molar-refractivity contribution in [2.24, 2.45) is 0 Å². The van der Waals surface area contributed by atoms with Gasteiger partial charge in [0.2, 0.25) is 5.91 Å². The van der Waals surface area contributed by atoms with E-state index in [0.29, 0.717) is 18.7 Å². The van der Waals surface area contributed by atoms with Crippen LogP contribution in [0.15, 0.2) is 12.1 Å². The third-order valence-electron chi connectivity index (χ3n) is 3.38. The fourth-order valence-corrected chi connectivity index (χ4v) is 2.19. The highest BCUT2D eigenvalue weighted by Gasteiger charge is 2.22. The van der Waals surface area contributed by atoms with Gasteiger partial charge >= 0.3 is 0 Å². The van der Waals surface area contributed by atoms with Gasteiger partial charge in [0.05, 0.1) is 7.11 Å². The molecule has 0 saturated heterocycles. The lowest BCUT2D eigenvalue weighted by Crippen LogP contribution is -2.34. The van der Waals surface area contributed by atoms with E-state index in [1.54, 1.807) is 7.11 Å². The summed E-state index contributed by atoms with van der Waals surface area (Å²) in [6.07, 6.45) is 0. The normalized spacial score (nSPS) is 11.0. The Morgan fingerprint density at radius 3 is 2.23 bits per heavy atom. The summed E-state index contributed by atoms with van der Waals surface area (Å²) in [4.78, 5) is 23.1. The van der Waals surface area contributed by atoms with Gasteiger partial charge in [-0.25, -0.2) is 0 Å². The standard InChI is InChI=1S/C17H26N2O3/c1-11-9-15(22-6)14(17(3,4)5)10-13(11)16(21)19-8-7-18-12(2)20/h9-10H,7-8H2,1-6H3,(H,18,20)(H,19,21). The average molecular weight is 306 g/mol. The van der Waals surface area contributed by atoms with E-state index >= 15 is 0 Å². The van der Waals surface area contributed by atoms with E-state index in [0.717, 1.165) is 16.9 Å². The lowest BCUT2D eigenvalue weighted by atomic mass is 9.84. The number of carbonyl (C=O) groups is 2. The summed E-state index contributed by atoms with van der Waals surface area (Å²) in [6, 6.07) is 3.78. The molecule has 5 heteroatoms. The van der Waals surface area contributed by atoms with Crippen molar-refractivity contribution in [3.05, 3.63) is 28.8 Å². The lowest BCUT2D eigenvalue weighted by molar-refractivity contribution is -0.118. The molecule has 1 aromatic rings. The van der Waals surface area contributed by atoms with Gasteiger partial charge in [-0.05, 0) is 30.0 Å². The maximum Gasteiger partial charge on any atom is 0.251 e. The van der Waals surface area contributed by atoms with Crippen LogP contribution in [0.4, 0.5) is 0 Å². The van der Waals surface area contributed by atoms with Crippen molar-refractivity contribution < 1.29 is 14.3 Å². The number of ether oxygens (including phenoxy) is 1. The highest BCUT2D eigenvalue weighted by Crippen LogP contribution is 2.33. The van der Waals surface area contributed by atoms with Gasteiger partial charge < -0.3 is 15.4 Å². The van der Waals surface area contributed by atoms with Crippen LogP contribution in [0.5, 0.6) is 5.75 Å². The molecule has 22 heavy (non-hydrogen) atoms. The van der Waals surface area contributed by atoms with Crippen molar-refractivity contribution in [1.82, 2.24) is 10.6 Å². The van der Waals surface area contributed by atoms with Gasteiger partial charge in [-0.2, -0.15) is 0 Å². The van der Waals surface area contributed by atoms with Gasteiger partial charge in [-0.1, -0.05) is 20.8 Å². The molecule has 2 amide bonds. The van der Waals surface area contributed by atoms with Crippen molar-refractivity contribution in [2.45, 2.75) is 40.0 Å². The van der Waals surface area contributed by atoms with Crippen LogP contribution in [0.25, 0.3) is 0 Å². The molecule has 0 aromatic heterocycles. The molecule has 0 radical (unpaired) electrons. The first-order valence-electron chi connectivity index (χ1n) is 7.38. The number of methoxy groups -OCH3 is 1. The van der Waals surface area contributed by atoms with Crippen LogP contribution < -0.4 is 15.4 Å². The molecule has 0 aliphatic carbocycles. The Bertz CT molecular complexity index is 560. The van der Waals surface area contributed by atoms with Crippen molar-refractivity contribution in [2.75, 3.05) is 20.2 Å². The second-order valence-corrected chi connectivity index (χ2v) is 6.36. The second kappa shape index (κ2) is 7.29. The summed E-state index contributed by atoms with van der Waals surface area (Å²) in [5.41, 5.74) is 2.37. The largest absolute Gasteiger partial charge is 0.496 e. The third-order valence-corrected chi connectivity index (χ3v) is 3.38. The van der Waals surface area contributed by atoms with Crippen LogP contribution in [0.3, 0.4) is 0 Å². The van der Waals surface area contributed by atoms with E-state index in [1.807, 2.05) is 19.1 Å². The third kappa shape index (κ3) is 4.76. The van der Waals surface area contributed by atoms with E-state index in [-0.39, 0.29) is 17.2 Å². The Morgan fingerprint density at radius 2 is 1.73 bits per heavy atom. The number of nitrogens with one attached hydrogen (secondary N) is 2. The fourth-order valence-electron chi connectivity index (χ4n) is 2.19. The molecule has 1 aromatic carbocycles. The van der Waals surface area contributed by atoms with Gasteiger partial charge in [-0.15, -0.1) is 0 Å². The molecule has 1 rings (SSSR count). The highest BCUT2D eigenvalue weighted by molar-refractivity contribution is 5.96. The number of aryl methyl sites for hydroxylation is 1. The van der Waals surface area contributed by atoms with Crippen molar-refractivity contribution in [3.63, 3.8) is 0 Å². The smallest absolute Gasteiger partial charge is 0.251 e. The summed E-state index contributed by atoms with van der Waals surface area (Å²) in [5.74, 6) is 0.542. The van der Waals surface area contributed by atoms with Crippen molar-refractivity contribution >= 4 is 11.8 Å². The zero-order valence-corrected chi connectivity index (χ0v) is 14.3. The van der Waals surface area contributed by atoms with Gasteiger partial charge in [0, 0.05) is 31.1 Å². The minimum atomic E-state index is -0.143. The Labute approximate surface area is 132 Å². The van der Waals surface area contributed by atoms with E-state index in [2.05, 4.69) is 31.4 Å². The van der Waals surface area contributed by atoms with Crippen molar-refractivity contribution in [3.8, 4) is 5.75 Å². The van der Waals surface area contributed by atoms with E-state index in [1.165, 1.54) is 6.92 Å². The van der Waals surface area contributed by atoms with Gasteiger partial charge in [0.15, 0.2) is 0 Å². The SMILES string of the molecule is COc1cc(C)c(C(=O)NCCNC(C)=O)cc1C(C)(C)C. The molecular formula is C17H26N2O3. The quantitative estimate of drug-likeness (QED) is 0.819. The summed E-state index contributed by atoms with van der Waals surface area (Å²) < 4.78 is 5.43. The number of benzene rings is 1. The van der Waals surface area contributed by atoms with Crippen LogP contribution in [0, 0.1) is 6.92 Å². The van der Waals surface area contributed by atoms with Crippen LogP contribution in [0.1, 0.15) is 49.2 Å². The number of amides is 2. The molecule has 5 nitrogen and oxygen atoms in total. The Hall–Kier alpha value is -2.04. The van der Waals surface area contributed by atoms with Crippen LogP contribution in [-0.4, -0.2) is 32.0 Å². The number of rotatable bonds is 5. The molecule has 122 valence electrons. The zero-order chi connectivity index (χ0) is 16.9. The molecule has 0 saturated carbocycles. The predicted molar refractivity (Wildman–Crippen MR) is 87.4 cm³/mol. The van der Waals surface area contributed by atoms with Crippen LogP contribution in [-0.2, 0) is 10.2 Å². The molecule has 2 N–H and O–H groups in total. The van der Waals surface area contributed by atoms with E-state index in [9.17, 15) is 9.59 Å². The summed E-state index contributed by atoms with van der Waals surface area (Å²) in [6.45, 7) is 10.4. The number of hydrogen-bond donors (Lipinski definition) is 2. The van der Waals surface area contributed by atoms with Crippen molar-refractivity contribution in [1.29, 1.82) is 0 Å². The molecule has 0 heterocycles. The maximum atomic E-state index is 12.3. The van der Waals surface area contributed by atoms with E-state index < -0.39 is 0 Å². The minimum absolute atomic E-state index is 0.107. The summed E-state index contributed by atoms with van der Waals surface area (Å²) >= 11 is 0. The molecule has 0 spiro atoms. The number of hydrogen-bond acceptors (Lipinski definition) is 3. The average Bonchev–Trinajstić information content (AvgIpc) is 2.41. The Kier molecular flexibility index (Phi) is 5.97. The van der Waals surface area contributed by atoms with Crippen LogP contribution >= 0.6 is 0 Å². The molecule has 0 unspecified atom stereocenters. The maximum absolute atomic E-state index is 12.3. The summed E-state index contributed by atoms with van der Waals surface area (Å²) in [5, 5.41) is 5.46. The summed E-state index contributed by atoms with van der Waals surface area (Å²) in [7, 11) is 1.64. The lowest BCUT2D eigenvalue weighted by Gasteiger charge is -2.23. The number of carbonyl (C=O) groups excluding carboxylic acids is 2. The zero-order valence-electron chi connectivity index (χ0n) is 14.3. The molecule has 0 fully saturated rings. The first-order valence-corrected chi connectivity index (χ1v) is 7.38. The van der Waals surface area contributed by atoms with Gasteiger partial charge in [-0.3, -0.25) is 9.59 Å². The predicted octanol–water partition coefficient (Wildman–Crippen LogP) is 2.17. The molecular weight excluding hydrogens is 280 g/mol. The molecule has 0 atom stereocenters. The van der Waals surface area contributed by atoms with E-state index in [4.69, 9.17) is 4.74 Å². The van der Waals surface area contributed by atoms with Gasteiger partial charge in [0.25, 0.3) is 5.91 Å². The van der Waals surface area contributed by atoms with Crippen LogP contribution in [0.2, 0.25) is 0 Å². The first-order chi connectivity index (χ1) is 10.2.